The number of hydrogen-bond acceptors (Lipinski definition) is 5. The minimum atomic E-state index is -0.389. The molecule has 24 heavy (non-hydrogen) atoms. The third-order valence-corrected chi connectivity index (χ3v) is 3.78. The molecule has 1 rings (SSSR count). The number of carbonyl (C=O) groups excluding carboxylic acids is 3. The summed E-state index contributed by atoms with van der Waals surface area (Å²) in [5, 5.41) is 0. The van der Waals surface area contributed by atoms with E-state index in [4.69, 9.17) is 9.47 Å². The van der Waals surface area contributed by atoms with Crippen molar-refractivity contribution in [1.29, 1.82) is 0 Å². The molecule has 0 N–H and O–H groups in total. The molecule has 0 saturated heterocycles. The smallest absolute Gasteiger partial charge is 0.338 e. The van der Waals surface area contributed by atoms with Gasteiger partial charge in [0, 0.05) is 5.92 Å². The second-order valence-electron chi connectivity index (χ2n) is 5.69. The van der Waals surface area contributed by atoms with Crippen LogP contribution in [-0.2, 0) is 19.1 Å². The largest absolute Gasteiger partial charge is 0.466 e. The molecule has 132 valence electrons. The van der Waals surface area contributed by atoms with E-state index < -0.39 is 0 Å². The number of hydrogen-bond donors (Lipinski definition) is 0. The van der Waals surface area contributed by atoms with Crippen LogP contribution < -0.4 is 0 Å². The zero-order valence-electron chi connectivity index (χ0n) is 14.6. The average Bonchev–Trinajstić information content (AvgIpc) is 2.59. The molecule has 0 aliphatic carbocycles. The molecule has 0 aliphatic rings. The SMILES string of the molecule is CCOC(=O)c1ccc(C(CCCC(C)C=O)C(=O)OCC)cc1. The normalized spacial score (nSPS) is 13.0. The maximum atomic E-state index is 12.2. The molecule has 0 aliphatic heterocycles. The van der Waals surface area contributed by atoms with Gasteiger partial charge in [0.25, 0.3) is 0 Å². The minimum absolute atomic E-state index is 0.0148. The van der Waals surface area contributed by atoms with Crippen LogP contribution in [0.4, 0.5) is 0 Å². The third kappa shape index (κ3) is 6.14. The molecule has 1 aromatic carbocycles. The Morgan fingerprint density at radius 2 is 1.67 bits per heavy atom. The van der Waals surface area contributed by atoms with Crippen molar-refractivity contribution >= 4 is 18.2 Å². The Kier molecular flexibility index (Phi) is 8.76. The van der Waals surface area contributed by atoms with Crippen molar-refractivity contribution in [3.63, 3.8) is 0 Å². The summed E-state index contributed by atoms with van der Waals surface area (Å²) in [5.41, 5.74) is 1.26. The van der Waals surface area contributed by atoms with Crippen LogP contribution in [0.5, 0.6) is 0 Å². The Hall–Kier alpha value is -2.17. The van der Waals surface area contributed by atoms with Crippen LogP contribution in [0.1, 0.15) is 61.9 Å². The zero-order valence-corrected chi connectivity index (χ0v) is 14.6. The van der Waals surface area contributed by atoms with Crippen molar-refractivity contribution in [3.8, 4) is 0 Å². The first-order valence-electron chi connectivity index (χ1n) is 8.42. The fourth-order valence-electron chi connectivity index (χ4n) is 2.44. The summed E-state index contributed by atoms with van der Waals surface area (Å²) >= 11 is 0. The lowest BCUT2D eigenvalue weighted by Crippen LogP contribution is -2.17. The molecule has 0 radical (unpaired) electrons. The van der Waals surface area contributed by atoms with Gasteiger partial charge in [0.15, 0.2) is 0 Å². The van der Waals surface area contributed by atoms with Gasteiger partial charge in [0.1, 0.15) is 6.29 Å². The summed E-state index contributed by atoms with van der Waals surface area (Å²) in [6, 6.07) is 6.84. The molecule has 0 aromatic heterocycles. The van der Waals surface area contributed by atoms with Crippen LogP contribution in [0.2, 0.25) is 0 Å². The molecule has 5 nitrogen and oxygen atoms in total. The maximum Gasteiger partial charge on any atom is 0.338 e. The molecule has 0 amide bonds. The number of esters is 2. The first kappa shape index (κ1) is 19.9. The molecular formula is C19H26O5. The Morgan fingerprint density at radius 1 is 1.04 bits per heavy atom. The van der Waals surface area contributed by atoms with Gasteiger partial charge >= 0.3 is 11.9 Å². The van der Waals surface area contributed by atoms with Crippen LogP contribution in [0.3, 0.4) is 0 Å². The van der Waals surface area contributed by atoms with E-state index in [0.29, 0.717) is 25.2 Å². The van der Waals surface area contributed by atoms with Crippen LogP contribution in [0.25, 0.3) is 0 Å². The van der Waals surface area contributed by atoms with Crippen molar-refractivity contribution in [1.82, 2.24) is 0 Å². The summed E-state index contributed by atoms with van der Waals surface area (Å²) in [6.45, 7) is 6.03. The van der Waals surface area contributed by atoms with Gasteiger partial charge in [-0.05, 0) is 44.4 Å². The number of carbonyl (C=O) groups is 3. The number of benzene rings is 1. The monoisotopic (exact) mass is 334 g/mol. The van der Waals surface area contributed by atoms with Crippen molar-refractivity contribution in [2.75, 3.05) is 13.2 Å². The predicted molar refractivity (Wildman–Crippen MR) is 90.9 cm³/mol. The Morgan fingerprint density at radius 3 is 2.21 bits per heavy atom. The van der Waals surface area contributed by atoms with Crippen molar-refractivity contribution in [2.24, 2.45) is 5.92 Å². The van der Waals surface area contributed by atoms with E-state index in [1.165, 1.54) is 0 Å². The summed E-state index contributed by atoms with van der Waals surface area (Å²) in [6.07, 6.45) is 3.02. The van der Waals surface area contributed by atoms with E-state index in [-0.39, 0.29) is 23.8 Å². The van der Waals surface area contributed by atoms with Gasteiger partial charge in [-0.2, -0.15) is 0 Å². The van der Waals surface area contributed by atoms with Crippen molar-refractivity contribution in [3.05, 3.63) is 35.4 Å². The highest BCUT2D eigenvalue weighted by Gasteiger charge is 2.22. The van der Waals surface area contributed by atoms with E-state index in [9.17, 15) is 14.4 Å². The molecule has 0 heterocycles. The molecule has 5 heteroatoms. The minimum Gasteiger partial charge on any atom is -0.466 e. The third-order valence-electron chi connectivity index (χ3n) is 3.78. The Labute approximate surface area is 143 Å². The Bertz CT molecular complexity index is 535. The summed E-state index contributed by atoms with van der Waals surface area (Å²) in [5.74, 6) is -1.06. The summed E-state index contributed by atoms with van der Waals surface area (Å²) in [7, 11) is 0. The number of ether oxygens (including phenoxy) is 2. The van der Waals surface area contributed by atoms with Gasteiger partial charge in [-0.15, -0.1) is 0 Å². The van der Waals surface area contributed by atoms with Gasteiger partial charge in [0.05, 0.1) is 24.7 Å². The van der Waals surface area contributed by atoms with E-state index in [1.54, 1.807) is 38.1 Å². The van der Waals surface area contributed by atoms with Gasteiger partial charge in [-0.3, -0.25) is 4.79 Å². The molecule has 1 aromatic rings. The predicted octanol–water partition coefficient (Wildman–Crippen LogP) is 3.52. The van der Waals surface area contributed by atoms with E-state index in [2.05, 4.69) is 0 Å². The lowest BCUT2D eigenvalue weighted by atomic mass is 9.91. The molecule has 0 bridgehead atoms. The van der Waals surface area contributed by atoms with Gasteiger partial charge in [-0.1, -0.05) is 25.5 Å². The number of rotatable bonds is 10. The lowest BCUT2D eigenvalue weighted by Gasteiger charge is -2.16. The van der Waals surface area contributed by atoms with Crippen molar-refractivity contribution in [2.45, 2.75) is 46.0 Å². The second kappa shape index (κ2) is 10.6. The van der Waals surface area contributed by atoms with Crippen LogP contribution >= 0.6 is 0 Å². The summed E-state index contributed by atoms with van der Waals surface area (Å²) in [4.78, 5) is 34.6. The summed E-state index contributed by atoms with van der Waals surface area (Å²) < 4.78 is 10.1. The maximum absolute atomic E-state index is 12.2. The topological polar surface area (TPSA) is 69.7 Å². The van der Waals surface area contributed by atoms with Crippen LogP contribution in [0, 0.1) is 5.92 Å². The molecular weight excluding hydrogens is 308 g/mol. The highest BCUT2D eigenvalue weighted by atomic mass is 16.5. The van der Waals surface area contributed by atoms with Crippen molar-refractivity contribution < 1.29 is 23.9 Å². The molecule has 0 spiro atoms. The van der Waals surface area contributed by atoms with Crippen LogP contribution in [0.15, 0.2) is 24.3 Å². The van der Waals surface area contributed by atoms with E-state index in [0.717, 1.165) is 24.7 Å². The molecule has 2 unspecified atom stereocenters. The molecule has 0 fully saturated rings. The molecule has 2 atom stereocenters. The zero-order chi connectivity index (χ0) is 17.9. The van der Waals surface area contributed by atoms with Gasteiger partial charge < -0.3 is 14.3 Å². The number of aldehydes is 1. The highest BCUT2D eigenvalue weighted by molar-refractivity contribution is 5.89. The first-order valence-corrected chi connectivity index (χ1v) is 8.42. The highest BCUT2D eigenvalue weighted by Crippen LogP contribution is 2.25. The fourth-order valence-corrected chi connectivity index (χ4v) is 2.44. The second-order valence-corrected chi connectivity index (χ2v) is 5.69. The van der Waals surface area contributed by atoms with E-state index >= 15 is 0 Å². The van der Waals surface area contributed by atoms with Crippen LogP contribution in [-0.4, -0.2) is 31.4 Å². The van der Waals surface area contributed by atoms with Gasteiger partial charge in [-0.25, -0.2) is 4.79 Å². The quantitative estimate of drug-likeness (QED) is 0.484. The average molecular weight is 334 g/mol. The van der Waals surface area contributed by atoms with E-state index in [1.807, 2.05) is 6.92 Å². The standard InChI is InChI=1S/C19H26O5/c1-4-23-18(21)16-11-9-15(10-12-16)17(19(22)24-5-2)8-6-7-14(3)13-20/h9-14,17H,4-8H2,1-3H3. The molecule has 0 saturated carbocycles. The first-order chi connectivity index (χ1) is 11.5. The fraction of sp³-hybridized carbons (Fsp3) is 0.526. The van der Waals surface area contributed by atoms with Gasteiger partial charge in [0.2, 0.25) is 0 Å². The Balaban J connectivity index is 2.83. The lowest BCUT2D eigenvalue weighted by molar-refractivity contribution is -0.145.